The predicted molar refractivity (Wildman–Crippen MR) is 45.6 cm³/mol. The highest BCUT2D eigenvalue weighted by Crippen LogP contribution is 2.14. The van der Waals surface area contributed by atoms with E-state index in [2.05, 4.69) is 11.1 Å². The quantitative estimate of drug-likeness (QED) is 0.581. The third-order valence-corrected chi connectivity index (χ3v) is 1.68. The molecular weight excluding hydrogens is 158 g/mol. The number of aromatic nitrogens is 1. The van der Waals surface area contributed by atoms with Crippen LogP contribution in [0.2, 0.25) is 5.02 Å². The van der Waals surface area contributed by atoms with Crippen molar-refractivity contribution in [2.75, 3.05) is 0 Å². The maximum absolute atomic E-state index is 5.74. The van der Waals surface area contributed by atoms with Crippen molar-refractivity contribution in [1.82, 2.24) is 4.98 Å². The Kier molecular flexibility index (Phi) is 1.51. The van der Waals surface area contributed by atoms with Crippen LogP contribution in [-0.4, -0.2) is 4.98 Å². The Bertz CT molecular complexity index is 384. The average Bonchev–Trinajstić information content (AvgIpc) is 2.04. The second kappa shape index (κ2) is 2.51. The maximum Gasteiger partial charge on any atom is 0.0782 e. The molecule has 0 saturated carbocycles. The molecular formula is C9H5ClN. The fraction of sp³-hybridized carbons (Fsp3) is 0. The van der Waals surface area contributed by atoms with Gasteiger partial charge in [0.05, 0.1) is 10.5 Å². The number of fused-ring (bicyclic) bond motifs is 1. The standard InChI is InChI=1S/C9H5ClN/c10-8-5-7-3-1-2-4-9(7)11-6-8/h1-3,5-6H. The second-order valence-electron chi connectivity index (χ2n) is 2.26. The summed E-state index contributed by atoms with van der Waals surface area (Å²) >= 11 is 5.74. The number of para-hydroxylation sites is 1. The molecule has 11 heavy (non-hydrogen) atoms. The lowest BCUT2D eigenvalue weighted by molar-refractivity contribution is 1.41. The minimum Gasteiger partial charge on any atom is -0.254 e. The fourth-order valence-electron chi connectivity index (χ4n) is 0.981. The molecule has 1 radical (unpaired) electrons. The third kappa shape index (κ3) is 1.19. The van der Waals surface area contributed by atoms with Gasteiger partial charge >= 0.3 is 0 Å². The lowest BCUT2D eigenvalue weighted by Crippen LogP contribution is -1.76. The van der Waals surface area contributed by atoms with Gasteiger partial charge in [-0.2, -0.15) is 0 Å². The van der Waals surface area contributed by atoms with Gasteiger partial charge in [0.1, 0.15) is 0 Å². The van der Waals surface area contributed by atoms with Crippen molar-refractivity contribution >= 4 is 22.5 Å². The van der Waals surface area contributed by atoms with Crippen molar-refractivity contribution in [1.29, 1.82) is 0 Å². The maximum atomic E-state index is 5.74. The molecule has 0 fully saturated rings. The summed E-state index contributed by atoms with van der Waals surface area (Å²) in [4.78, 5) is 4.09. The van der Waals surface area contributed by atoms with E-state index in [1.807, 2.05) is 24.3 Å². The average molecular weight is 163 g/mol. The molecule has 0 aliphatic rings. The Balaban J connectivity index is 2.83. The minimum atomic E-state index is 0.664. The number of rotatable bonds is 0. The molecule has 0 bridgehead atoms. The van der Waals surface area contributed by atoms with Crippen LogP contribution in [-0.2, 0) is 0 Å². The zero-order valence-electron chi connectivity index (χ0n) is 5.71. The number of benzene rings is 1. The van der Waals surface area contributed by atoms with Gasteiger partial charge in [0, 0.05) is 17.6 Å². The Labute approximate surface area is 69.6 Å². The monoisotopic (exact) mass is 162 g/mol. The molecule has 53 valence electrons. The van der Waals surface area contributed by atoms with Gasteiger partial charge in [0.2, 0.25) is 0 Å². The van der Waals surface area contributed by atoms with Crippen LogP contribution < -0.4 is 0 Å². The van der Waals surface area contributed by atoms with Gasteiger partial charge in [-0.1, -0.05) is 29.8 Å². The first kappa shape index (κ1) is 6.62. The largest absolute Gasteiger partial charge is 0.254 e. The van der Waals surface area contributed by atoms with Crippen molar-refractivity contribution in [2.45, 2.75) is 0 Å². The highest BCUT2D eigenvalue weighted by atomic mass is 35.5. The lowest BCUT2D eigenvalue weighted by Gasteiger charge is -1.94. The van der Waals surface area contributed by atoms with Gasteiger partial charge < -0.3 is 0 Å². The second-order valence-corrected chi connectivity index (χ2v) is 2.70. The van der Waals surface area contributed by atoms with Crippen LogP contribution in [0.1, 0.15) is 0 Å². The summed E-state index contributed by atoms with van der Waals surface area (Å²) in [5.74, 6) is 0. The Morgan fingerprint density at radius 1 is 1.45 bits per heavy atom. The SMILES string of the molecule is Clc1cnc2[c]cccc2c1. The zero-order chi connectivity index (χ0) is 7.68. The van der Waals surface area contributed by atoms with Gasteiger partial charge in [-0.05, 0) is 6.07 Å². The van der Waals surface area contributed by atoms with Gasteiger partial charge in [0.15, 0.2) is 0 Å². The van der Waals surface area contributed by atoms with Crippen LogP contribution >= 0.6 is 11.6 Å². The molecule has 0 aliphatic carbocycles. The molecule has 1 aromatic heterocycles. The van der Waals surface area contributed by atoms with Crippen LogP contribution in [0.5, 0.6) is 0 Å². The van der Waals surface area contributed by atoms with Crippen molar-refractivity contribution in [2.24, 2.45) is 0 Å². The normalized spacial score (nSPS) is 10.3. The first-order valence-corrected chi connectivity index (χ1v) is 3.66. The smallest absolute Gasteiger partial charge is 0.0782 e. The molecule has 2 aromatic rings. The van der Waals surface area contributed by atoms with Crippen LogP contribution in [0.4, 0.5) is 0 Å². The summed E-state index contributed by atoms with van der Waals surface area (Å²) in [5, 5.41) is 1.69. The van der Waals surface area contributed by atoms with Gasteiger partial charge in [-0.3, -0.25) is 4.98 Å². The first-order chi connectivity index (χ1) is 5.36. The minimum absolute atomic E-state index is 0.664. The topological polar surface area (TPSA) is 12.9 Å². The van der Waals surface area contributed by atoms with Gasteiger partial charge in [0.25, 0.3) is 0 Å². The summed E-state index contributed by atoms with van der Waals surface area (Å²) in [6.45, 7) is 0. The summed E-state index contributed by atoms with van der Waals surface area (Å²) < 4.78 is 0. The van der Waals surface area contributed by atoms with E-state index in [1.54, 1.807) is 6.20 Å². The molecule has 1 aromatic carbocycles. The Morgan fingerprint density at radius 3 is 3.27 bits per heavy atom. The van der Waals surface area contributed by atoms with Crippen molar-refractivity contribution in [3.05, 3.63) is 41.6 Å². The predicted octanol–water partition coefficient (Wildman–Crippen LogP) is 2.69. The van der Waals surface area contributed by atoms with Gasteiger partial charge in [-0.25, -0.2) is 0 Å². The Morgan fingerprint density at radius 2 is 2.36 bits per heavy atom. The van der Waals surface area contributed by atoms with Crippen LogP contribution in [0.15, 0.2) is 30.5 Å². The molecule has 0 N–H and O–H groups in total. The van der Waals surface area contributed by atoms with Crippen molar-refractivity contribution in [3.63, 3.8) is 0 Å². The molecule has 0 amide bonds. The molecule has 0 saturated heterocycles. The molecule has 1 heterocycles. The fourth-order valence-corrected chi connectivity index (χ4v) is 1.15. The zero-order valence-corrected chi connectivity index (χ0v) is 6.47. The van der Waals surface area contributed by atoms with Crippen LogP contribution in [0.3, 0.4) is 0 Å². The van der Waals surface area contributed by atoms with E-state index in [4.69, 9.17) is 11.6 Å². The van der Waals surface area contributed by atoms with E-state index < -0.39 is 0 Å². The molecule has 1 nitrogen and oxygen atoms in total. The molecule has 0 unspecified atom stereocenters. The highest BCUT2D eigenvalue weighted by Gasteiger charge is 1.92. The van der Waals surface area contributed by atoms with E-state index in [1.165, 1.54) is 0 Å². The number of hydrogen-bond acceptors (Lipinski definition) is 1. The molecule has 0 atom stereocenters. The number of halogens is 1. The number of hydrogen-bond donors (Lipinski definition) is 0. The molecule has 0 spiro atoms. The first-order valence-electron chi connectivity index (χ1n) is 3.28. The third-order valence-electron chi connectivity index (χ3n) is 1.48. The van der Waals surface area contributed by atoms with Crippen LogP contribution in [0, 0.1) is 6.07 Å². The lowest BCUT2D eigenvalue weighted by atomic mass is 10.2. The van der Waals surface area contributed by atoms with E-state index in [0.29, 0.717) is 5.02 Å². The van der Waals surface area contributed by atoms with E-state index in [9.17, 15) is 0 Å². The Hall–Kier alpha value is -1.08. The summed E-state index contributed by atoms with van der Waals surface area (Å²) in [6.07, 6.45) is 1.63. The van der Waals surface area contributed by atoms with Crippen LogP contribution in [0.25, 0.3) is 10.9 Å². The van der Waals surface area contributed by atoms with E-state index in [0.717, 1.165) is 10.9 Å². The van der Waals surface area contributed by atoms with E-state index in [-0.39, 0.29) is 0 Å². The van der Waals surface area contributed by atoms with E-state index >= 15 is 0 Å². The molecule has 0 aliphatic heterocycles. The van der Waals surface area contributed by atoms with Crippen molar-refractivity contribution < 1.29 is 0 Å². The summed E-state index contributed by atoms with van der Waals surface area (Å²) in [5.41, 5.74) is 0.858. The highest BCUT2D eigenvalue weighted by molar-refractivity contribution is 6.31. The summed E-state index contributed by atoms with van der Waals surface area (Å²) in [7, 11) is 0. The number of pyridine rings is 1. The summed E-state index contributed by atoms with van der Waals surface area (Å²) in [6, 6.07) is 10.6. The van der Waals surface area contributed by atoms with Gasteiger partial charge in [-0.15, -0.1) is 0 Å². The number of nitrogens with zero attached hydrogens (tertiary/aromatic N) is 1. The molecule has 2 heteroatoms. The van der Waals surface area contributed by atoms with Crippen molar-refractivity contribution in [3.8, 4) is 0 Å². The molecule has 2 rings (SSSR count).